The van der Waals surface area contributed by atoms with Gasteiger partial charge in [-0.05, 0) is 29.6 Å². The van der Waals surface area contributed by atoms with E-state index in [2.05, 4.69) is 17.5 Å². The van der Waals surface area contributed by atoms with Crippen LogP contribution in [0.5, 0.6) is 0 Å². The van der Waals surface area contributed by atoms with E-state index in [4.69, 9.17) is 10.2 Å². The number of thiophene rings is 2. The summed E-state index contributed by atoms with van der Waals surface area (Å²) in [5, 5.41) is 3.21. The molecule has 2 nitrogen and oxygen atoms in total. The van der Waals surface area contributed by atoms with Crippen LogP contribution in [0.25, 0.3) is 20.4 Å². The number of furan rings is 1. The first-order valence-corrected chi connectivity index (χ1v) is 7.72. The first kappa shape index (κ1) is 11.2. The molecule has 1 unspecified atom stereocenters. The summed E-state index contributed by atoms with van der Waals surface area (Å²) >= 11 is 3.49. The SMILES string of the molecule is NC(c1cc2ccccc2o1)c1cc2sccc2s1. The molecule has 0 aliphatic rings. The molecule has 4 aromatic rings. The highest BCUT2D eigenvalue weighted by Crippen LogP contribution is 2.36. The first-order chi connectivity index (χ1) is 9.31. The summed E-state index contributed by atoms with van der Waals surface area (Å²) in [4.78, 5) is 1.15. The van der Waals surface area contributed by atoms with Crippen LogP contribution in [0.2, 0.25) is 0 Å². The zero-order valence-corrected chi connectivity index (χ0v) is 11.6. The lowest BCUT2D eigenvalue weighted by molar-refractivity contribution is 0.528. The van der Waals surface area contributed by atoms with E-state index >= 15 is 0 Å². The monoisotopic (exact) mass is 285 g/mol. The minimum Gasteiger partial charge on any atom is -0.459 e. The largest absolute Gasteiger partial charge is 0.459 e. The van der Waals surface area contributed by atoms with E-state index in [0.29, 0.717) is 0 Å². The van der Waals surface area contributed by atoms with E-state index < -0.39 is 0 Å². The minimum atomic E-state index is -0.183. The number of benzene rings is 1. The highest BCUT2D eigenvalue weighted by Gasteiger charge is 2.17. The summed E-state index contributed by atoms with van der Waals surface area (Å²) in [6.45, 7) is 0. The molecule has 0 fully saturated rings. The molecule has 94 valence electrons. The average molecular weight is 285 g/mol. The number of para-hydroxylation sites is 1. The predicted octanol–water partition coefficient (Wildman–Crippen LogP) is 4.76. The van der Waals surface area contributed by atoms with Gasteiger partial charge in [0.25, 0.3) is 0 Å². The van der Waals surface area contributed by atoms with Crippen LogP contribution < -0.4 is 5.73 Å². The van der Waals surface area contributed by atoms with Gasteiger partial charge in [0.2, 0.25) is 0 Å². The van der Waals surface area contributed by atoms with Crippen LogP contribution in [-0.4, -0.2) is 0 Å². The van der Waals surface area contributed by atoms with Crippen LogP contribution in [0.4, 0.5) is 0 Å². The molecule has 0 spiro atoms. The predicted molar refractivity (Wildman–Crippen MR) is 81.9 cm³/mol. The van der Waals surface area contributed by atoms with Crippen molar-refractivity contribution in [3.05, 3.63) is 58.5 Å². The van der Waals surface area contributed by atoms with Crippen molar-refractivity contribution in [3.8, 4) is 0 Å². The van der Waals surface area contributed by atoms with Crippen molar-refractivity contribution in [3.63, 3.8) is 0 Å². The molecule has 4 rings (SSSR count). The molecule has 3 aromatic heterocycles. The Morgan fingerprint density at radius 1 is 1.05 bits per heavy atom. The van der Waals surface area contributed by atoms with E-state index in [0.717, 1.165) is 21.6 Å². The second kappa shape index (κ2) is 4.20. The molecule has 0 bridgehead atoms. The Bertz CT molecular complexity index is 794. The van der Waals surface area contributed by atoms with Gasteiger partial charge in [-0.25, -0.2) is 0 Å². The van der Waals surface area contributed by atoms with Crippen LogP contribution in [0.15, 0.2) is 52.3 Å². The highest BCUT2D eigenvalue weighted by molar-refractivity contribution is 7.26. The molecule has 4 heteroatoms. The van der Waals surface area contributed by atoms with Crippen LogP contribution in [-0.2, 0) is 0 Å². The van der Waals surface area contributed by atoms with E-state index in [9.17, 15) is 0 Å². The van der Waals surface area contributed by atoms with Crippen molar-refractivity contribution < 1.29 is 4.42 Å². The standard InChI is InChI=1S/C15H11NOS2/c16-15(14-8-13-12(19-14)5-6-18-13)11-7-9-3-1-2-4-10(9)17-11/h1-8,15H,16H2. The fraction of sp³-hybridized carbons (Fsp3) is 0.0667. The fourth-order valence-electron chi connectivity index (χ4n) is 2.23. The normalized spacial score (nSPS) is 13.3. The van der Waals surface area contributed by atoms with Gasteiger partial charge in [0, 0.05) is 19.7 Å². The molecule has 0 saturated carbocycles. The number of fused-ring (bicyclic) bond motifs is 2. The molecule has 0 saturated heterocycles. The molecule has 0 amide bonds. The molecule has 0 aliphatic heterocycles. The maximum Gasteiger partial charge on any atom is 0.134 e. The van der Waals surface area contributed by atoms with Gasteiger partial charge in [0.1, 0.15) is 11.3 Å². The maximum absolute atomic E-state index is 6.32. The molecular weight excluding hydrogens is 274 g/mol. The van der Waals surface area contributed by atoms with Crippen molar-refractivity contribution in [2.24, 2.45) is 5.73 Å². The van der Waals surface area contributed by atoms with E-state index in [1.807, 2.05) is 30.3 Å². The third kappa shape index (κ3) is 1.80. The Morgan fingerprint density at radius 2 is 1.95 bits per heavy atom. The molecule has 2 N–H and O–H groups in total. The van der Waals surface area contributed by atoms with Gasteiger partial charge in [-0.1, -0.05) is 18.2 Å². The van der Waals surface area contributed by atoms with E-state index in [1.54, 1.807) is 22.7 Å². The second-order valence-corrected chi connectivity index (χ2v) is 6.53. The van der Waals surface area contributed by atoms with Gasteiger partial charge in [-0.3, -0.25) is 0 Å². The molecule has 0 radical (unpaired) electrons. The Kier molecular flexibility index (Phi) is 2.48. The smallest absolute Gasteiger partial charge is 0.134 e. The van der Waals surface area contributed by atoms with Crippen molar-refractivity contribution in [1.29, 1.82) is 0 Å². The summed E-state index contributed by atoms with van der Waals surface area (Å²) in [6.07, 6.45) is 0. The molecule has 1 atom stereocenters. The van der Waals surface area contributed by atoms with Crippen LogP contribution >= 0.6 is 22.7 Å². The van der Waals surface area contributed by atoms with Crippen molar-refractivity contribution in [2.75, 3.05) is 0 Å². The zero-order valence-electron chi connectivity index (χ0n) is 10.00. The molecule has 19 heavy (non-hydrogen) atoms. The van der Waals surface area contributed by atoms with Crippen molar-refractivity contribution in [2.45, 2.75) is 6.04 Å². The van der Waals surface area contributed by atoms with Crippen LogP contribution in [0.1, 0.15) is 16.7 Å². The lowest BCUT2D eigenvalue weighted by Crippen LogP contribution is -2.08. The Balaban J connectivity index is 1.80. The Labute approximate surface area is 118 Å². The third-order valence-electron chi connectivity index (χ3n) is 3.22. The van der Waals surface area contributed by atoms with Gasteiger partial charge >= 0.3 is 0 Å². The fourth-order valence-corrected chi connectivity index (χ4v) is 4.36. The Hall–Kier alpha value is -1.62. The summed E-state index contributed by atoms with van der Waals surface area (Å²) in [6, 6.07) is 14.2. The van der Waals surface area contributed by atoms with Crippen molar-refractivity contribution >= 4 is 43.0 Å². The van der Waals surface area contributed by atoms with Crippen molar-refractivity contribution in [1.82, 2.24) is 0 Å². The molecule has 0 aliphatic carbocycles. The van der Waals surface area contributed by atoms with Gasteiger partial charge < -0.3 is 10.2 Å². The number of nitrogens with two attached hydrogens (primary N) is 1. The van der Waals surface area contributed by atoms with Crippen LogP contribution in [0, 0.1) is 0 Å². The second-order valence-electron chi connectivity index (χ2n) is 4.46. The zero-order chi connectivity index (χ0) is 12.8. The van der Waals surface area contributed by atoms with Crippen LogP contribution in [0.3, 0.4) is 0 Å². The van der Waals surface area contributed by atoms with Gasteiger partial charge in [0.15, 0.2) is 0 Å². The summed E-state index contributed by atoms with van der Waals surface area (Å²) in [5.74, 6) is 0.829. The maximum atomic E-state index is 6.32. The number of hydrogen-bond acceptors (Lipinski definition) is 4. The summed E-state index contributed by atoms with van der Waals surface area (Å²) in [7, 11) is 0. The minimum absolute atomic E-state index is 0.183. The quantitative estimate of drug-likeness (QED) is 0.577. The third-order valence-corrected chi connectivity index (χ3v) is 5.39. The Morgan fingerprint density at radius 3 is 2.79 bits per heavy atom. The molecular formula is C15H11NOS2. The topological polar surface area (TPSA) is 39.2 Å². The van der Waals surface area contributed by atoms with Gasteiger partial charge in [-0.15, -0.1) is 22.7 Å². The average Bonchev–Trinajstić information content (AvgIpc) is 3.10. The van der Waals surface area contributed by atoms with Gasteiger partial charge in [0.05, 0.1) is 6.04 Å². The van der Waals surface area contributed by atoms with E-state index in [1.165, 1.54) is 9.40 Å². The summed E-state index contributed by atoms with van der Waals surface area (Å²) < 4.78 is 8.44. The molecule has 3 heterocycles. The van der Waals surface area contributed by atoms with E-state index in [-0.39, 0.29) is 6.04 Å². The molecule has 1 aromatic carbocycles. The lowest BCUT2D eigenvalue weighted by Gasteiger charge is -2.04. The number of hydrogen-bond donors (Lipinski definition) is 1. The summed E-state index contributed by atoms with van der Waals surface area (Å²) in [5.41, 5.74) is 7.22. The van der Waals surface area contributed by atoms with Gasteiger partial charge in [-0.2, -0.15) is 0 Å². The number of rotatable bonds is 2. The first-order valence-electron chi connectivity index (χ1n) is 6.02. The highest BCUT2D eigenvalue weighted by atomic mass is 32.1. The lowest BCUT2D eigenvalue weighted by atomic mass is 10.2.